The summed E-state index contributed by atoms with van der Waals surface area (Å²) in [5, 5.41) is 7.18. The second kappa shape index (κ2) is 12.7. The van der Waals surface area contributed by atoms with Crippen molar-refractivity contribution in [3.8, 4) is 5.75 Å². The quantitative estimate of drug-likeness (QED) is 0.467. The van der Waals surface area contributed by atoms with E-state index in [4.69, 9.17) is 51.1 Å². The first kappa shape index (κ1) is 28.7. The molecule has 0 radical (unpaired) electrons. The predicted octanol–water partition coefficient (Wildman–Crippen LogP) is 4.17. The van der Waals surface area contributed by atoms with E-state index < -0.39 is 10.0 Å². The summed E-state index contributed by atoms with van der Waals surface area (Å²) in [6.45, 7) is 4.37. The van der Waals surface area contributed by atoms with Crippen molar-refractivity contribution in [1.82, 2.24) is 19.8 Å². The number of hydrogen-bond donors (Lipinski definition) is 2. The molecule has 0 aliphatic carbocycles. The number of nitrogens with zero attached hydrogens (tertiary/aromatic N) is 2. The summed E-state index contributed by atoms with van der Waals surface area (Å²) < 4.78 is 34.0. The molecule has 0 atom stereocenters. The summed E-state index contributed by atoms with van der Waals surface area (Å²) in [4.78, 5) is 14.5. The summed E-state index contributed by atoms with van der Waals surface area (Å²) in [6, 6.07) is 7.52. The number of carbonyl (C=O) groups is 1. The minimum absolute atomic E-state index is 0.0134. The number of piperidine rings is 1. The number of amides is 1. The Kier molecular flexibility index (Phi) is 9.85. The van der Waals surface area contributed by atoms with Crippen LogP contribution in [0.1, 0.15) is 23.2 Å². The molecule has 2 aromatic rings. The number of benzene rings is 2. The lowest BCUT2D eigenvalue weighted by Gasteiger charge is -2.34. The molecule has 2 heterocycles. The molecule has 2 aliphatic rings. The fourth-order valence-electron chi connectivity index (χ4n) is 4.29. The SMILES string of the molecule is O=C(NCCN1CCN(S(=O)(=O)c2cc(Cl)c(OC3CCNCC3)c(Cl)c2)CC1)c1ccc(Cl)c(Cl)c1. The Hall–Kier alpha value is -1.30. The van der Waals surface area contributed by atoms with E-state index in [2.05, 4.69) is 15.5 Å². The van der Waals surface area contributed by atoms with E-state index in [1.165, 1.54) is 22.5 Å². The van der Waals surface area contributed by atoms with Gasteiger partial charge >= 0.3 is 0 Å². The molecule has 0 spiro atoms. The molecule has 2 N–H and O–H groups in total. The van der Waals surface area contributed by atoms with Gasteiger partial charge in [0.05, 0.1) is 25.0 Å². The Morgan fingerprint density at radius 1 is 0.946 bits per heavy atom. The number of nitrogens with one attached hydrogen (secondary N) is 2. The molecular weight excluding hydrogens is 582 g/mol. The van der Waals surface area contributed by atoms with Gasteiger partial charge in [0.15, 0.2) is 5.75 Å². The van der Waals surface area contributed by atoms with E-state index in [1.807, 2.05) is 0 Å². The topological polar surface area (TPSA) is 91.0 Å². The van der Waals surface area contributed by atoms with Crippen molar-refractivity contribution in [2.45, 2.75) is 23.8 Å². The molecule has 13 heteroatoms. The van der Waals surface area contributed by atoms with Crippen molar-refractivity contribution in [3.63, 3.8) is 0 Å². The van der Waals surface area contributed by atoms with Crippen LogP contribution in [0.3, 0.4) is 0 Å². The van der Waals surface area contributed by atoms with Gasteiger partial charge in [-0.2, -0.15) is 4.31 Å². The number of sulfonamides is 1. The molecule has 202 valence electrons. The second-order valence-electron chi connectivity index (χ2n) is 8.91. The van der Waals surface area contributed by atoms with Gasteiger partial charge in [0.25, 0.3) is 5.91 Å². The summed E-state index contributed by atoms with van der Waals surface area (Å²) in [7, 11) is -3.78. The number of carbonyl (C=O) groups excluding carboxylic acids is 1. The Morgan fingerprint density at radius 2 is 1.59 bits per heavy atom. The van der Waals surface area contributed by atoms with E-state index in [0.29, 0.717) is 60.6 Å². The van der Waals surface area contributed by atoms with E-state index >= 15 is 0 Å². The molecule has 2 aliphatic heterocycles. The minimum Gasteiger partial charge on any atom is -0.487 e. The van der Waals surface area contributed by atoms with Gasteiger partial charge in [-0.05, 0) is 56.3 Å². The largest absolute Gasteiger partial charge is 0.487 e. The van der Waals surface area contributed by atoms with Crippen LogP contribution >= 0.6 is 46.4 Å². The Bertz CT molecular complexity index is 1210. The summed E-state index contributed by atoms with van der Waals surface area (Å²) in [5.41, 5.74) is 0.426. The van der Waals surface area contributed by atoms with Gasteiger partial charge in [0, 0.05) is 44.8 Å². The standard InChI is InChI=1S/C24H28Cl4N4O4S/c25-19-2-1-16(13-20(19)26)24(33)30-7-8-31-9-11-32(12-10-31)37(34,35)18-14-21(27)23(22(28)15-18)36-17-3-5-29-6-4-17/h1-2,13-15,17,29H,3-12H2,(H,30,33). The van der Waals surface area contributed by atoms with Crippen molar-refractivity contribution in [2.24, 2.45) is 0 Å². The Labute approximate surface area is 237 Å². The van der Waals surface area contributed by atoms with Crippen LogP contribution in [0, 0.1) is 0 Å². The third-order valence-electron chi connectivity index (χ3n) is 6.41. The van der Waals surface area contributed by atoms with Gasteiger partial charge in [-0.1, -0.05) is 46.4 Å². The molecule has 1 amide bonds. The number of piperazine rings is 1. The van der Waals surface area contributed by atoms with Crippen molar-refractivity contribution < 1.29 is 17.9 Å². The van der Waals surface area contributed by atoms with Crippen LogP contribution in [0.25, 0.3) is 0 Å². The van der Waals surface area contributed by atoms with Gasteiger partial charge in [0.1, 0.15) is 6.10 Å². The summed E-state index contributed by atoms with van der Waals surface area (Å²) in [6.07, 6.45) is 1.65. The summed E-state index contributed by atoms with van der Waals surface area (Å²) in [5.74, 6) is 0.0723. The first-order valence-corrected chi connectivity index (χ1v) is 14.9. The second-order valence-corrected chi connectivity index (χ2v) is 12.5. The molecule has 2 fully saturated rings. The predicted molar refractivity (Wildman–Crippen MR) is 147 cm³/mol. The zero-order valence-electron chi connectivity index (χ0n) is 20.0. The number of hydrogen-bond acceptors (Lipinski definition) is 6. The molecule has 0 saturated carbocycles. The summed E-state index contributed by atoms with van der Waals surface area (Å²) >= 11 is 24.7. The third kappa shape index (κ3) is 7.22. The van der Waals surface area contributed by atoms with Crippen LogP contribution in [0.2, 0.25) is 20.1 Å². The molecular formula is C24H28Cl4N4O4S. The van der Waals surface area contributed by atoms with Crippen LogP contribution in [-0.2, 0) is 10.0 Å². The number of ether oxygens (including phenoxy) is 1. The minimum atomic E-state index is -3.78. The smallest absolute Gasteiger partial charge is 0.251 e. The average molecular weight is 610 g/mol. The van der Waals surface area contributed by atoms with Crippen molar-refractivity contribution >= 4 is 62.3 Å². The van der Waals surface area contributed by atoms with Gasteiger partial charge in [-0.3, -0.25) is 9.69 Å². The van der Waals surface area contributed by atoms with Crippen LogP contribution in [0.15, 0.2) is 35.2 Å². The lowest BCUT2D eigenvalue weighted by Crippen LogP contribution is -2.50. The van der Waals surface area contributed by atoms with E-state index in [-0.39, 0.29) is 27.0 Å². The molecule has 0 aromatic heterocycles. The van der Waals surface area contributed by atoms with E-state index in [0.717, 1.165) is 25.9 Å². The maximum atomic E-state index is 13.3. The highest BCUT2D eigenvalue weighted by atomic mass is 35.5. The zero-order chi connectivity index (χ0) is 26.6. The maximum absolute atomic E-state index is 13.3. The molecule has 37 heavy (non-hydrogen) atoms. The number of rotatable bonds is 8. The van der Waals surface area contributed by atoms with Gasteiger partial charge < -0.3 is 15.4 Å². The van der Waals surface area contributed by atoms with Crippen molar-refractivity contribution in [1.29, 1.82) is 0 Å². The highest BCUT2D eigenvalue weighted by molar-refractivity contribution is 7.89. The highest BCUT2D eigenvalue weighted by Crippen LogP contribution is 2.37. The lowest BCUT2D eigenvalue weighted by molar-refractivity contribution is 0.0945. The fourth-order valence-corrected chi connectivity index (χ4v) is 6.77. The molecule has 0 bridgehead atoms. The maximum Gasteiger partial charge on any atom is 0.251 e. The van der Waals surface area contributed by atoms with Gasteiger partial charge in [-0.25, -0.2) is 8.42 Å². The fraction of sp³-hybridized carbons (Fsp3) is 0.458. The zero-order valence-corrected chi connectivity index (χ0v) is 23.8. The van der Waals surface area contributed by atoms with Gasteiger partial charge in [0.2, 0.25) is 10.0 Å². The normalized spacial score (nSPS) is 18.1. The first-order chi connectivity index (χ1) is 17.6. The Balaban J connectivity index is 1.29. The third-order valence-corrected chi connectivity index (χ3v) is 9.58. The Morgan fingerprint density at radius 3 is 2.22 bits per heavy atom. The van der Waals surface area contributed by atoms with Crippen molar-refractivity contribution in [2.75, 3.05) is 52.4 Å². The van der Waals surface area contributed by atoms with Crippen LogP contribution < -0.4 is 15.4 Å². The van der Waals surface area contributed by atoms with E-state index in [9.17, 15) is 13.2 Å². The molecule has 2 aromatic carbocycles. The number of halogens is 4. The average Bonchev–Trinajstić information content (AvgIpc) is 2.88. The van der Waals surface area contributed by atoms with E-state index in [1.54, 1.807) is 12.1 Å². The molecule has 8 nitrogen and oxygen atoms in total. The molecule has 0 unspecified atom stereocenters. The van der Waals surface area contributed by atoms with Crippen molar-refractivity contribution in [3.05, 3.63) is 56.0 Å². The first-order valence-electron chi connectivity index (χ1n) is 12.0. The van der Waals surface area contributed by atoms with Crippen LogP contribution in [0.5, 0.6) is 5.75 Å². The monoisotopic (exact) mass is 608 g/mol. The van der Waals surface area contributed by atoms with Crippen LogP contribution in [0.4, 0.5) is 0 Å². The molecule has 4 rings (SSSR count). The molecule has 2 saturated heterocycles. The lowest BCUT2D eigenvalue weighted by atomic mass is 10.1. The highest BCUT2D eigenvalue weighted by Gasteiger charge is 2.30. The van der Waals surface area contributed by atoms with Crippen LogP contribution in [-0.4, -0.2) is 82.0 Å². The van der Waals surface area contributed by atoms with Gasteiger partial charge in [-0.15, -0.1) is 0 Å².